The molecule has 1 unspecified atom stereocenters. The molecule has 124 valence electrons. The Balaban J connectivity index is 1.64. The summed E-state index contributed by atoms with van der Waals surface area (Å²) in [7, 11) is 0. The van der Waals surface area contributed by atoms with E-state index in [9.17, 15) is 0 Å². The van der Waals surface area contributed by atoms with E-state index in [1.54, 1.807) is 0 Å². The van der Waals surface area contributed by atoms with Gasteiger partial charge in [-0.2, -0.15) is 0 Å². The lowest BCUT2D eigenvalue weighted by Gasteiger charge is -2.02. The maximum atomic E-state index is 5.36. The van der Waals surface area contributed by atoms with Crippen LogP contribution < -0.4 is 0 Å². The fourth-order valence-electron chi connectivity index (χ4n) is 2.57. The van der Waals surface area contributed by atoms with Crippen LogP contribution in [0.1, 0.15) is 90.4 Å². The van der Waals surface area contributed by atoms with Crippen LogP contribution in [0.3, 0.4) is 0 Å². The van der Waals surface area contributed by atoms with Gasteiger partial charge >= 0.3 is 0 Å². The zero-order valence-electron chi connectivity index (χ0n) is 14.2. The number of rotatable bonds is 16. The molecule has 0 bridgehead atoms. The number of hydrogen-bond acceptors (Lipinski definition) is 2. The van der Waals surface area contributed by atoms with Gasteiger partial charge in [-0.1, -0.05) is 77.6 Å². The molecule has 1 saturated heterocycles. The molecule has 0 saturated carbocycles. The van der Waals surface area contributed by atoms with Crippen molar-refractivity contribution in [3.05, 3.63) is 12.3 Å². The molecule has 1 aliphatic rings. The van der Waals surface area contributed by atoms with E-state index in [2.05, 4.69) is 13.0 Å². The molecular formula is C19H36O2. The zero-order valence-corrected chi connectivity index (χ0v) is 14.2. The molecule has 1 heterocycles. The average molecular weight is 296 g/mol. The largest absolute Gasteiger partial charge is 0.499 e. The number of unbranched alkanes of at least 4 members (excludes halogenated alkanes) is 12. The van der Waals surface area contributed by atoms with Crippen molar-refractivity contribution in [1.82, 2.24) is 0 Å². The van der Waals surface area contributed by atoms with Gasteiger partial charge in [0.05, 0.1) is 12.9 Å². The Labute approximate surface area is 132 Å². The van der Waals surface area contributed by atoms with Crippen molar-refractivity contribution in [3.8, 4) is 0 Å². The Bertz CT molecular complexity index is 234. The average Bonchev–Trinajstić information content (AvgIpc) is 3.31. The molecule has 0 N–H and O–H groups in total. The quantitative estimate of drug-likeness (QED) is 0.198. The van der Waals surface area contributed by atoms with Crippen LogP contribution in [0.25, 0.3) is 0 Å². The first-order valence-corrected chi connectivity index (χ1v) is 9.31. The Morgan fingerprint density at radius 3 is 1.90 bits per heavy atom. The van der Waals surface area contributed by atoms with E-state index in [4.69, 9.17) is 9.47 Å². The van der Waals surface area contributed by atoms with Crippen molar-refractivity contribution in [2.45, 2.75) is 96.5 Å². The molecule has 0 aromatic rings. The van der Waals surface area contributed by atoms with Gasteiger partial charge in [-0.05, 0) is 18.9 Å². The normalized spacial score (nSPS) is 17.5. The molecule has 2 nitrogen and oxygen atoms in total. The topological polar surface area (TPSA) is 21.8 Å². The maximum absolute atomic E-state index is 5.36. The highest BCUT2D eigenvalue weighted by molar-refractivity contribution is 4.75. The van der Waals surface area contributed by atoms with Crippen molar-refractivity contribution in [2.24, 2.45) is 0 Å². The third-order valence-corrected chi connectivity index (χ3v) is 4.10. The Hall–Kier alpha value is -0.500. The summed E-state index contributed by atoms with van der Waals surface area (Å²) in [5.74, 6) is 0. The van der Waals surface area contributed by atoms with E-state index in [0.717, 1.165) is 19.6 Å². The van der Waals surface area contributed by atoms with Crippen LogP contribution in [-0.2, 0) is 9.47 Å². The number of ether oxygens (including phenoxy) is 2. The second-order valence-corrected chi connectivity index (χ2v) is 6.34. The summed E-state index contributed by atoms with van der Waals surface area (Å²) in [4.78, 5) is 0. The molecule has 1 aliphatic heterocycles. The summed E-state index contributed by atoms with van der Waals surface area (Å²) in [6.45, 7) is 3.90. The van der Waals surface area contributed by atoms with Gasteiger partial charge in [-0.3, -0.25) is 0 Å². The second-order valence-electron chi connectivity index (χ2n) is 6.34. The highest BCUT2D eigenvalue weighted by atomic mass is 16.6. The van der Waals surface area contributed by atoms with Crippen molar-refractivity contribution in [3.63, 3.8) is 0 Å². The van der Waals surface area contributed by atoms with E-state index in [1.807, 2.05) is 6.26 Å². The lowest BCUT2D eigenvalue weighted by Crippen LogP contribution is -1.94. The molecule has 0 spiro atoms. The summed E-state index contributed by atoms with van der Waals surface area (Å²) < 4.78 is 10.4. The number of allylic oxidation sites excluding steroid dienone is 1. The summed E-state index contributed by atoms with van der Waals surface area (Å²) in [5, 5.41) is 0. The van der Waals surface area contributed by atoms with Crippen LogP contribution >= 0.6 is 0 Å². The van der Waals surface area contributed by atoms with E-state index >= 15 is 0 Å². The Morgan fingerprint density at radius 1 is 0.857 bits per heavy atom. The summed E-state index contributed by atoms with van der Waals surface area (Å²) >= 11 is 0. The first-order valence-electron chi connectivity index (χ1n) is 9.31. The monoisotopic (exact) mass is 296 g/mol. The van der Waals surface area contributed by atoms with E-state index in [1.165, 1.54) is 77.0 Å². The molecule has 1 atom stereocenters. The molecule has 21 heavy (non-hydrogen) atoms. The highest BCUT2D eigenvalue weighted by Gasteiger charge is 2.22. The van der Waals surface area contributed by atoms with Gasteiger partial charge in [0.1, 0.15) is 12.7 Å². The van der Waals surface area contributed by atoms with Crippen molar-refractivity contribution < 1.29 is 9.47 Å². The second kappa shape index (κ2) is 14.4. The molecular weight excluding hydrogens is 260 g/mol. The van der Waals surface area contributed by atoms with E-state index < -0.39 is 0 Å². The fourth-order valence-corrected chi connectivity index (χ4v) is 2.57. The number of epoxide rings is 1. The van der Waals surface area contributed by atoms with Gasteiger partial charge in [0.25, 0.3) is 0 Å². The molecule has 2 heteroatoms. The first-order chi connectivity index (χ1) is 10.4. The van der Waals surface area contributed by atoms with Crippen molar-refractivity contribution in [1.29, 1.82) is 0 Å². The van der Waals surface area contributed by atoms with Crippen LogP contribution in [0.15, 0.2) is 12.3 Å². The van der Waals surface area contributed by atoms with Crippen LogP contribution in [0.5, 0.6) is 0 Å². The van der Waals surface area contributed by atoms with Gasteiger partial charge in [0.15, 0.2) is 0 Å². The van der Waals surface area contributed by atoms with Crippen LogP contribution in [0.4, 0.5) is 0 Å². The summed E-state index contributed by atoms with van der Waals surface area (Å²) in [6, 6.07) is 0. The maximum Gasteiger partial charge on any atom is 0.116 e. The zero-order chi connectivity index (χ0) is 15.0. The molecule has 0 aliphatic carbocycles. The van der Waals surface area contributed by atoms with Crippen LogP contribution in [0.2, 0.25) is 0 Å². The third-order valence-electron chi connectivity index (χ3n) is 4.10. The molecule has 0 radical (unpaired) electrons. The van der Waals surface area contributed by atoms with Gasteiger partial charge in [-0.25, -0.2) is 0 Å². The van der Waals surface area contributed by atoms with Crippen LogP contribution in [-0.4, -0.2) is 19.3 Å². The number of hydrogen-bond donors (Lipinski definition) is 0. The van der Waals surface area contributed by atoms with Crippen molar-refractivity contribution in [2.75, 3.05) is 13.2 Å². The Kier molecular flexibility index (Phi) is 12.8. The minimum Gasteiger partial charge on any atom is -0.499 e. The molecule has 0 aromatic carbocycles. The van der Waals surface area contributed by atoms with Gasteiger partial charge in [0, 0.05) is 0 Å². The fraction of sp³-hybridized carbons (Fsp3) is 0.895. The Morgan fingerprint density at radius 2 is 1.38 bits per heavy atom. The smallest absolute Gasteiger partial charge is 0.116 e. The van der Waals surface area contributed by atoms with Gasteiger partial charge < -0.3 is 9.47 Å². The summed E-state index contributed by atoms with van der Waals surface area (Å²) in [6.07, 6.45) is 22.5. The lowest BCUT2D eigenvalue weighted by atomic mass is 10.0. The molecule has 0 amide bonds. The van der Waals surface area contributed by atoms with E-state index in [0.29, 0.717) is 6.10 Å². The molecule has 0 aromatic heterocycles. The van der Waals surface area contributed by atoms with Crippen LogP contribution in [0, 0.1) is 0 Å². The minimum atomic E-state index is 0.376. The SMILES string of the molecule is CCCCCCCCCCCCCCC=COCC1CO1. The van der Waals surface area contributed by atoms with E-state index in [-0.39, 0.29) is 0 Å². The minimum absolute atomic E-state index is 0.376. The highest BCUT2D eigenvalue weighted by Crippen LogP contribution is 2.12. The predicted octanol–water partition coefficient (Wildman–Crippen LogP) is 6.01. The molecule has 1 fully saturated rings. The summed E-state index contributed by atoms with van der Waals surface area (Å²) in [5.41, 5.74) is 0. The van der Waals surface area contributed by atoms with Crippen molar-refractivity contribution >= 4 is 0 Å². The lowest BCUT2D eigenvalue weighted by molar-refractivity contribution is 0.211. The standard InChI is InChI=1S/C19H36O2/c1-2-3-4-5-6-7-8-9-10-11-12-13-14-15-16-20-17-19-18-21-19/h15-16,19H,2-14,17-18H2,1H3. The predicted molar refractivity (Wildman–Crippen MR) is 90.5 cm³/mol. The van der Waals surface area contributed by atoms with Gasteiger partial charge in [0.2, 0.25) is 0 Å². The third kappa shape index (κ3) is 14.2. The van der Waals surface area contributed by atoms with Gasteiger partial charge in [-0.15, -0.1) is 0 Å². The molecule has 1 rings (SSSR count). The first kappa shape index (κ1) is 18.5.